The molecule has 0 aromatic heterocycles. The average Bonchev–Trinajstić information content (AvgIpc) is 2.77. The maximum absolute atomic E-state index is 12.9. The molecule has 2 rings (SSSR count). The van der Waals surface area contributed by atoms with Gasteiger partial charge in [-0.3, -0.25) is 10.0 Å². The number of amides is 1. The fourth-order valence-corrected chi connectivity index (χ4v) is 5.26. The molecule has 2 aromatic carbocycles. The van der Waals surface area contributed by atoms with Gasteiger partial charge in [-0.1, -0.05) is 30.2 Å². The zero-order chi connectivity index (χ0) is 24.5. The Morgan fingerprint density at radius 1 is 1.06 bits per heavy atom. The highest BCUT2D eigenvalue weighted by Crippen LogP contribution is 2.25. The van der Waals surface area contributed by atoms with Gasteiger partial charge in [0.05, 0.1) is 22.4 Å². The average molecular weight is 494 g/mol. The highest BCUT2D eigenvalue weighted by Gasteiger charge is 2.27. The molecule has 10 heteroatoms. The quantitative estimate of drug-likeness (QED) is 0.209. The predicted molar refractivity (Wildman–Crippen MR) is 124 cm³/mol. The standard InChI is InChI=1S/C23H27NO7S2/c1-3-4-15-31-21-11-13-22(14-12-21)33(29,30)17-23(24(26)18-25)20-9-7-19(8-10-20)6-5-16-32(2,27)28/h7-14,18,23,26H,5-6,15-17H2,1-2H3. The van der Waals surface area contributed by atoms with E-state index in [0.29, 0.717) is 29.2 Å². The number of rotatable bonds is 12. The summed E-state index contributed by atoms with van der Waals surface area (Å²) >= 11 is 0. The summed E-state index contributed by atoms with van der Waals surface area (Å²) in [5.74, 6) is 5.45. The maximum atomic E-state index is 12.9. The third kappa shape index (κ3) is 8.53. The van der Waals surface area contributed by atoms with Crippen molar-refractivity contribution in [2.45, 2.75) is 30.7 Å². The first kappa shape index (κ1) is 26.4. The summed E-state index contributed by atoms with van der Waals surface area (Å²) in [6, 6.07) is 11.4. The van der Waals surface area contributed by atoms with Gasteiger partial charge in [-0.15, -0.1) is 5.92 Å². The molecular formula is C23H27NO7S2. The van der Waals surface area contributed by atoms with Gasteiger partial charge in [0.1, 0.15) is 22.2 Å². The molecule has 1 N–H and O–H groups in total. The van der Waals surface area contributed by atoms with Gasteiger partial charge < -0.3 is 4.74 Å². The molecule has 178 valence electrons. The highest BCUT2D eigenvalue weighted by molar-refractivity contribution is 7.91. The molecule has 0 aliphatic heterocycles. The topological polar surface area (TPSA) is 118 Å². The third-order valence-electron chi connectivity index (χ3n) is 4.82. The molecule has 0 aliphatic rings. The first-order valence-corrected chi connectivity index (χ1v) is 13.8. The molecule has 0 spiro atoms. The molecule has 1 unspecified atom stereocenters. The number of benzene rings is 2. The lowest BCUT2D eigenvalue weighted by molar-refractivity contribution is -0.158. The molecule has 1 atom stereocenters. The number of hydrogen-bond donors (Lipinski definition) is 1. The van der Waals surface area contributed by atoms with E-state index in [1.807, 2.05) is 0 Å². The van der Waals surface area contributed by atoms with Crippen LogP contribution in [0, 0.1) is 11.8 Å². The zero-order valence-corrected chi connectivity index (χ0v) is 20.1. The zero-order valence-electron chi connectivity index (χ0n) is 18.5. The lowest BCUT2D eigenvalue weighted by Crippen LogP contribution is -2.30. The minimum atomic E-state index is -3.86. The Morgan fingerprint density at radius 3 is 2.24 bits per heavy atom. The van der Waals surface area contributed by atoms with E-state index in [1.165, 1.54) is 30.5 Å². The van der Waals surface area contributed by atoms with Crippen molar-refractivity contribution in [3.05, 3.63) is 59.7 Å². The monoisotopic (exact) mass is 493 g/mol. The van der Waals surface area contributed by atoms with Crippen LogP contribution in [0.15, 0.2) is 53.4 Å². The smallest absolute Gasteiger partial charge is 0.233 e. The van der Waals surface area contributed by atoms with Gasteiger partial charge in [0, 0.05) is 6.26 Å². The number of hydroxylamine groups is 2. The van der Waals surface area contributed by atoms with E-state index >= 15 is 0 Å². The van der Waals surface area contributed by atoms with Crippen molar-refractivity contribution >= 4 is 26.1 Å². The van der Waals surface area contributed by atoms with Crippen LogP contribution in [0.2, 0.25) is 0 Å². The summed E-state index contributed by atoms with van der Waals surface area (Å²) in [5, 5.41) is 10.4. The van der Waals surface area contributed by atoms with Crippen LogP contribution in [-0.4, -0.2) is 57.9 Å². The van der Waals surface area contributed by atoms with Crippen molar-refractivity contribution in [1.82, 2.24) is 5.06 Å². The summed E-state index contributed by atoms with van der Waals surface area (Å²) in [6.07, 6.45) is 2.33. The number of hydrogen-bond acceptors (Lipinski definition) is 7. The van der Waals surface area contributed by atoms with E-state index in [-0.39, 0.29) is 23.7 Å². The van der Waals surface area contributed by atoms with Crippen molar-refractivity contribution in [2.24, 2.45) is 0 Å². The van der Waals surface area contributed by atoms with Crippen LogP contribution in [0.3, 0.4) is 0 Å². The van der Waals surface area contributed by atoms with Crippen LogP contribution in [0.25, 0.3) is 0 Å². The van der Waals surface area contributed by atoms with Crippen molar-refractivity contribution in [1.29, 1.82) is 0 Å². The Bertz CT molecular complexity index is 1190. The molecule has 0 fully saturated rings. The lowest BCUT2D eigenvalue weighted by atomic mass is 10.0. The second-order valence-corrected chi connectivity index (χ2v) is 11.7. The molecule has 0 heterocycles. The Kier molecular flexibility index (Phi) is 9.46. The number of nitrogens with zero attached hydrogens (tertiary/aromatic N) is 1. The molecule has 1 amide bonds. The van der Waals surface area contributed by atoms with Gasteiger partial charge in [0.15, 0.2) is 9.84 Å². The molecule has 0 aliphatic carbocycles. The van der Waals surface area contributed by atoms with E-state index < -0.39 is 31.5 Å². The molecular weight excluding hydrogens is 466 g/mol. The highest BCUT2D eigenvalue weighted by atomic mass is 32.2. The number of carbonyl (C=O) groups is 1. The van der Waals surface area contributed by atoms with Crippen LogP contribution in [0.5, 0.6) is 5.75 Å². The van der Waals surface area contributed by atoms with Crippen LogP contribution < -0.4 is 4.74 Å². The Hall–Kier alpha value is -2.87. The Balaban J connectivity index is 2.16. The fraction of sp³-hybridized carbons (Fsp3) is 0.348. The van der Waals surface area contributed by atoms with Crippen LogP contribution in [0.1, 0.15) is 30.5 Å². The van der Waals surface area contributed by atoms with Gasteiger partial charge in [-0.25, -0.2) is 21.9 Å². The number of sulfone groups is 2. The number of ether oxygens (including phenoxy) is 1. The molecule has 8 nitrogen and oxygen atoms in total. The second-order valence-electron chi connectivity index (χ2n) is 7.44. The van der Waals surface area contributed by atoms with E-state index in [0.717, 1.165) is 5.56 Å². The Morgan fingerprint density at radius 2 is 1.70 bits per heavy atom. The first-order chi connectivity index (χ1) is 15.6. The number of carbonyl (C=O) groups excluding carboxylic acids is 1. The van der Waals surface area contributed by atoms with Gasteiger partial charge in [-0.2, -0.15) is 0 Å². The molecule has 0 radical (unpaired) electrons. The second kappa shape index (κ2) is 11.8. The summed E-state index contributed by atoms with van der Waals surface area (Å²) in [6.45, 7) is 1.87. The molecule has 2 aromatic rings. The van der Waals surface area contributed by atoms with Crippen molar-refractivity contribution in [3.63, 3.8) is 0 Å². The van der Waals surface area contributed by atoms with E-state index in [1.54, 1.807) is 31.2 Å². The predicted octanol–water partition coefficient (Wildman–Crippen LogP) is 2.43. The molecule has 0 saturated carbocycles. The van der Waals surface area contributed by atoms with Gasteiger partial charge >= 0.3 is 0 Å². The third-order valence-corrected chi connectivity index (χ3v) is 7.60. The molecule has 33 heavy (non-hydrogen) atoms. The molecule has 0 saturated heterocycles. The maximum Gasteiger partial charge on any atom is 0.233 e. The van der Waals surface area contributed by atoms with Crippen molar-refractivity contribution < 1.29 is 31.6 Å². The Labute approximate surface area is 195 Å². The van der Waals surface area contributed by atoms with Crippen LogP contribution >= 0.6 is 0 Å². The molecule has 0 bridgehead atoms. The first-order valence-electron chi connectivity index (χ1n) is 10.1. The van der Waals surface area contributed by atoms with Crippen molar-refractivity contribution in [2.75, 3.05) is 24.4 Å². The number of aryl methyl sites for hydroxylation is 1. The van der Waals surface area contributed by atoms with Crippen LogP contribution in [-0.2, 0) is 30.9 Å². The fourth-order valence-electron chi connectivity index (χ4n) is 3.08. The summed E-state index contributed by atoms with van der Waals surface area (Å²) < 4.78 is 53.8. The van der Waals surface area contributed by atoms with E-state index in [4.69, 9.17) is 4.74 Å². The lowest BCUT2D eigenvalue weighted by Gasteiger charge is -2.23. The van der Waals surface area contributed by atoms with Gasteiger partial charge in [0.25, 0.3) is 0 Å². The van der Waals surface area contributed by atoms with E-state index in [2.05, 4.69) is 11.8 Å². The van der Waals surface area contributed by atoms with Gasteiger partial charge in [-0.05, 0) is 55.2 Å². The van der Waals surface area contributed by atoms with E-state index in [9.17, 15) is 26.8 Å². The van der Waals surface area contributed by atoms with Crippen molar-refractivity contribution in [3.8, 4) is 17.6 Å². The normalized spacial score (nSPS) is 12.3. The minimum Gasteiger partial charge on any atom is -0.481 e. The van der Waals surface area contributed by atoms with Crippen LogP contribution in [0.4, 0.5) is 0 Å². The summed E-state index contributed by atoms with van der Waals surface area (Å²) in [5.41, 5.74) is 1.29. The summed E-state index contributed by atoms with van der Waals surface area (Å²) in [4.78, 5) is 11.2. The van der Waals surface area contributed by atoms with Gasteiger partial charge in [0.2, 0.25) is 6.41 Å². The largest absolute Gasteiger partial charge is 0.481 e. The summed E-state index contributed by atoms with van der Waals surface area (Å²) in [7, 11) is -6.90. The SMILES string of the molecule is CC#CCOc1ccc(S(=O)(=O)CC(c2ccc(CCCS(C)(=O)=O)cc2)N(O)C=O)cc1. The minimum absolute atomic E-state index is 0.0260.